The van der Waals surface area contributed by atoms with Crippen LogP contribution in [0.5, 0.6) is 0 Å². The summed E-state index contributed by atoms with van der Waals surface area (Å²) in [6.07, 6.45) is 1.02. The molecule has 2 amide bonds. The first kappa shape index (κ1) is 19.7. The summed E-state index contributed by atoms with van der Waals surface area (Å²) in [7, 11) is 0. The number of amides is 2. The molecular formula is C20H20Cl2N2O3. The average molecular weight is 407 g/mol. The number of primary amides is 1. The van der Waals surface area contributed by atoms with E-state index in [4.69, 9.17) is 33.7 Å². The van der Waals surface area contributed by atoms with Crippen molar-refractivity contribution in [2.45, 2.75) is 25.2 Å². The lowest BCUT2D eigenvalue weighted by molar-refractivity contribution is -0.125. The minimum absolute atomic E-state index is 0.166. The number of carbonyl (C=O) groups is 2. The summed E-state index contributed by atoms with van der Waals surface area (Å²) < 4.78 is 5.47. The number of ether oxygens (including phenoxy) is 1. The molecule has 0 aromatic heterocycles. The Bertz CT molecular complexity index is 893. The Labute approximate surface area is 167 Å². The van der Waals surface area contributed by atoms with Crippen LogP contribution in [0.2, 0.25) is 10.0 Å². The number of halogens is 2. The molecule has 27 heavy (non-hydrogen) atoms. The van der Waals surface area contributed by atoms with Gasteiger partial charge in [-0.15, -0.1) is 0 Å². The molecule has 142 valence electrons. The quantitative estimate of drug-likeness (QED) is 0.801. The number of benzene rings is 2. The third kappa shape index (κ3) is 3.95. The normalized spacial score (nSPS) is 16.0. The second-order valence-electron chi connectivity index (χ2n) is 6.67. The van der Waals surface area contributed by atoms with Gasteiger partial charge < -0.3 is 15.8 Å². The Morgan fingerprint density at radius 2 is 1.81 bits per heavy atom. The van der Waals surface area contributed by atoms with Gasteiger partial charge in [-0.2, -0.15) is 0 Å². The molecule has 0 atom stereocenters. The van der Waals surface area contributed by atoms with Crippen molar-refractivity contribution in [3.8, 4) is 0 Å². The molecule has 3 rings (SSSR count). The molecule has 3 N–H and O–H groups in total. The lowest BCUT2D eigenvalue weighted by Crippen LogP contribution is -2.45. The maximum absolute atomic E-state index is 13.3. The van der Waals surface area contributed by atoms with Crippen LogP contribution in [-0.4, -0.2) is 25.0 Å². The Balaban J connectivity index is 1.95. The van der Waals surface area contributed by atoms with E-state index in [1.165, 1.54) is 0 Å². The largest absolute Gasteiger partial charge is 0.381 e. The molecule has 0 bridgehead atoms. The van der Waals surface area contributed by atoms with Crippen molar-refractivity contribution in [3.63, 3.8) is 0 Å². The summed E-state index contributed by atoms with van der Waals surface area (Å²) in [6.45, 7) is 2.70. The zero-order valence-electron chi connectivity index (χ0n) is 14.9. The van der Waals surface area contributed by atoms with Crippen LogP contribution in [0.3, 0.4) is 0 Å². The first-order valence-corrected chi connectivity index (χ1v) is 9.34. The molecule has 0 aliphatic carbocycles. The summed E-state index contributed by atoms with van der Waals surface area (Å²) >= 11 is 12.4. The van der Waals surface area contributed by atoms with E-state index in [1.807, 2.05) is 0 Å². The maximum atomic E-state index is 13.3. The number of aryl methyl sites for hydroxylation is 1. The van der Waals surface area contributed by atoms with Gasteiger partial charge in [0.15, 0.2) is 0 Å². The second-order valence-corrected chi connectivity index (χ2v) is 7.51. The molecule has 1 aliphatic heterocycles. The van der Waals surface area contributed by atoms with Crippen molar-refractivity contribution in [2.75, 3.05) is 18.5 Å². The van der Waals surface area contributed by atoms with Crippen molar-refractivity contribution in [3.05, 3.63) is 63.1 Å². The Hall–Kier alpha value is -2.08. The zero-order chi connectivity index (χ0) is 19.6. The van der Waals surface area contributed by atoms with E-state index >= 15 is 0 Å². The number of carbonyl (C=O) groups excluding carboxylic acids is 2. The molecule has 2 aromatic carbocycles. The molecule has 1 aliphatic rings. The third-order valence-corrected chi connectivity index (χ3v) is 5.53. The fourth-order valence-electron chi connectivity index (χ4n) is 3.48. The number of nitrogens with one attached hydrogen (secondary N) is 1. The molecule has 7 heteroatoms. The van der Waals surface area contributed by atoms with Crippen LogP contribution < -0.4 is 11.1 Å². The van der Waals surface area contributed by atoms with Gasteiger partial charge in [-0.05, 0) is 61.2 Å². The van der Waals surface area contributed by atoms with E-state index in [0.717, 1.165) is 5.56 Å². The molecular weight excluding hydrogens is 387 g/mol. The fourth-order valence-corrected chi connectivity index (χ4v) is 4.07. The second kappa shape index (κ2) is 7.89. The smallest absolute Gasteiger partial charge is 0.248 e. The SMILES string of the molecule is Cc1cc(NC(=O)C2(c3ccc(Cl)cc3Cl)CCOCC2)ccc1C(N)=O. The van der Waals surface area contributed by atoms with Gasteiger partial charge in [0, 0.05) is 34.5 Å². The van der Waals surface area contributed by atoms with E-state index in [1.54, 1.807) is 43.3 Å². The Morgan fingerprint density at radius 3 is 2.41 bits per heavy atom. The fraction of sp³-hybridized carbons (Fsp3) is 0.300. The first-order valence-electron chi connectivity index (χ1n) is 8.59. The average Bonchev–Trinajstić information content (AvgIpc) is 2.62. The number of nitrogens with two attached hydrogens (primary N) is 1. The van der Waals surface area contributed by atoms with E-state index in [0.29, 0.717) is 52.9 Å². The first-order chi connectivity index (χ1) is 12.8. The molecule has 0 saturated carbocycles. The highest BCUT2D eigenvalue weighted by molar-refractivity contribution is 6.35. The molecule has 0 unspecified atom stereocenters. The predicted octanol–water partition coefficient (Wildman–Crippen LogP) is 4.09. The number of rotatable bonds is 4. The number of hydrogen-bond acceptors (Lipinski definition) is 3. The van der Waals surface area contributed by atoms with Gasteiger partial charge in [0.05, 0.1) is 5.41 Å². The van der Waals surface area contributed by atoms with Gasteiger partial charge in [-0.3, -0.25) is 9.59 Å². The lowest BCUT2D eigenvalue weighted by Gasteiger charge is -2.37. The van der Waals surface area contributed by atoms with Gasteiger partial charge in [-0.1, -0.05) is 29.3 Å². The number of anilines is 1. The molecule has 2 aromatic rings. The minimum atomic E-state index is -0.809. The highest BCUT2D eigenvalue weighted by Gasteiger charge is 2.43. The van der Waals surface area contributed by atoms with E-state index in [9.17, 15) is 9.59 Å². The third-order valence-electron chi connectivity index (χ3n) is 4.98. The van der Waals surface area contributed by atoms with Crippen LogP contribution in [0.15, 0.2) is 36.4 Å². The molecule has 0 radical (unpaired) electrons. The van der Waals surface area contributed by atoms with E-state index in [2.05, 4.69) is 5.32 Å². The van der Waals surface area contributed by atoms with Gasteiger partial charge in [0.2, 0.25) is 11.8 Å². The van der Waals surface area contributed by atoms with Gasteiger partial charge in [0.1, 0.15) is 0 Å². The van der Waals surface area contributed by atoms with Crippen LogP contribution in [0.25, 0.3) is 0 Å². The Kier molecular flexibility index (Phi) is 5.75. The maximum Gasteiger partial charge on any atom is 0.248 e. The lowest BCUT2D eigenvalue weighted by atomic mass is 9.73. The topological polar surface area (TPSA) is 81.4 Å². The summed E-state index contributed by atoms with van der Waals surface area (Å²) in [4.78, 5) is 24.7. The summed E-state index contributed by atoms with van der Waals surface area (Å²) in [5, 5.41) is 3.94. The molecule has 5 nitrogen and oxygen atoms in total. The predicted molar refractivity (Wildman–Crippen MR) is 107 cm³/mol. The van der Waals surface area contributed by atoms with E-state index in [-0.39, 0.29) is 5.91 Å². The monoisotopic (exact) mass is 406 g/mol. The van der Waals surface area contributed by atoms with Gasteiger partial charge in [-0.25, -0.2) is 0 Å². The highest BCUT2D eigenvalue weighted by Crippen LogP contribution is 2.40. The highest BCUT2D eigenvalue weighted by atomic mass is 35.5. The van der Waals surface area contributed by atoms with Crippen LogP contribution >= 0.6 is 23.2 Å². The Morgan fingerprint density at radius 1 is 1.11 bits per heavy atom. The van der Waals surface area contributed by atoms with Gasteiger partial charge in [0.25, 0.3) is 0 Å². The van der Waals surface area contributed by atoms with Crippen LogP contribution in [0.4, 0.5) is 5.69 Å². The minimum Gasteiger partial charge on any atom is -0.381 e. The van der Waals surface area contributed by atoms with Crippen molar-refractivity contribution < 1.29 is 14.3 Å². The summed E-state index contributed by atoms with van der Waals surface area (Å²) in [6, 6.07) is 10.2. The summed E-state index contributed by atoms with van der Waals surface area (Å²) in [5.41, 5.74) is 6.99. The standard InChI is InChI=1S/C20H20Cl2N2O3/c1-12-10-14(3-4-15(12)18(23)25)24-19(26)20(6-8-27-9-7-20)16-5-2-13(21)11-17(16)22/h2-5,10-11H,6-9H2,1H3,(H2,23,25)(H,24,26). The summed E-state index contributed by atoms with van der Waals surface area (Å²) in [5.74, 6) is -0.666. The van der Waals surface area contributed by atoms with Crippen LogP contribution in [-0.2, 0) is 14.9 Å². The van der Waals surface area contributed by atoms with Crippen molar-refractivity contribution >= 4 is 40.7 Å². The van der Waals surface area contributed by atoms with Crippen molar-refractivity contribution in [1.29, 1.82) is 0 Å². The molecule has 1 fully saturated rings. The molecule has 0 spiro atoms. The van der Waals surface area contributed by atoms with Crippen LogP contribution in [0, 0.1) is 6.92 Å². The molecule has 1 heterocycles. The van der Waals surface area contributed by atoms with E-state index < -0.39 is 11.3 Å². The van der Waals surface area contributed by atoms with Crippen molar-refractivity contribution in [2.24, 2.45) is 5.73 Å². The van der Waals surface area contributed by atoms with Gasteiger partial charge >= 0.3 is 0 Å². The van der Waals surface area contributed by atoms with Crippen molar-refractivity contribution in [1.82, 2.24) is 0 Å². The molecule has 1 saturated heterocycles. The number of hydrogen-bond donors (Lipinski definition) is 2. The zero-order valence-corrected chi connectivity index (χ0v) is 16.4. The van der Waals surface area contributed by atoms with Crippen LogP contribution in [0.1, 0.15) is 34.3 Å².